The lowest BCUT2D eigenvalue weighted by molar-refractivity contribution is 0.593. The standard InChI is InChI=1S/C12H18BrN3O2S/c1-9-11(13)5-6-12(15-9)16-19(17,18)8-2-7-14-10-3-4-10/h5-6,10,14H,2-4,7-8H2,1H3,(H,15,16). The summed E-state index contributed by atoms with van der Waals surface area (Å²) >= 11 is 3.33. The Hall–Kier alpha value is -0.660. The molecule has 0 unspecified atom stereocenters. The first-order valence-electron chi connectivity index (χ1n) is 6.33. The molecule has 5 nitrogen and oxygen atoms in total. The van der Waals surface area contributed by atoms with Crippen molar-refractivity contribution in [3.8, 4) is 0 Å². The predicted molar refractivity (Wildman–Crippen MR) is 79.7 cm³/mol. The van der Waals surface area contributed by atoms with Crippen LogP contribution in [0.4, 0.5) is 5.82 Å². The van der Waals surface area contributed by atoms with Crippen LogP contribution in [0.3, 0.4) is 0 Å². The molecule has 0 radical (unpaired) electrons. The summed E-state index contributed by atoms with van der Waals surface area (Å²) in [5, 5.41) is 3.30. The third-order valence-corrected chi connectivity index (χ3v) is 5.07. The van der Waals surface area contributed by atoms with Gasteiger partial charge in [0.15, 0.2) is 0 Å². The minimum Gasteiger partial charge on any atom is -0.314 e. The number of halogens is 1. The van der Waals surface area contributed by atoms with Crippen LogP contribution in [0.5, 0.6) is 0 Å². The highest BCUT2D eigenvalue weighted by Gasteiger charge is 2.20. The average Bonchev–Trinajstić information content (AvgIpc) is 3.13. The summed E-state index contributed by atoms with van der Waals surface area (Å²) in [4.78, 5) is 4.17. The van der Waals surface area contributed by atoms with E-state index in [0.29, 0.717) is 18.3 Å². The Balaban J connectivity index is 1.82. The van der Waals surface area contributed by atoms with Crippen LogP contribution in [-0.2, 0) is 10.0 Å². The highest BCUT2D eigenvalue weighted by Crippen LogP contribution is 2.18. The normalized spacial score (nSPS) is 15.5. The molecular weight excluding hydrogens is 330 g/mol. The van der Waals surface area contributed by atoms with Gasteiger partial charge in [0.1, 0.15) is 5.82 Å². The van der Waals surface area contributed by atoms with Crippen molar-refractivity contribution >= 4 is 31.8 Å². The maximum Gasteiger partial charge on any atom is 0.233 e. The van der Waals surface area contributed by atoms with Gasteiger partial charge in [-0.25, -0.2) is 13.4 Å². The number of rotatable bonds is 7. The summed E-state index contributed by atoms with van der Waals surface area (Å²) in [6.07, 6.45) is 3.04. The van der Waals surface area contributed by atoms with E-state index < -0.39 is 10.0 Å². The Morgan fingerprint density at radius 3 is 2.79 bits per heavy atom. The average molecular weight is 348 g/mol. The van der Waals surface area contributed by atoms with Gasteiger partial charge in [-0.1, -0.05) is 0 Å². The quantitative estimate of drug-likeness (QED) is 0.740. The highest BCUT2D eigenvalue weighted by atomic mass is 79.9. The van der Waals surface area contributed by atoms with E-state index >= 15 is 0 Å². The van der Waals surface area contributed by atoms with Crippen molar-refractivity contribution < 1.29 is 8.42 Å². The molecule has 0 spiro atoms. The second kappa shape index (κ2) is 6.19. The van der Waals surface area contributed by atoms with Gasteiger partial charge in [-0.05, 0) is 60.8 Å². The summed E-state index contributed by atoms with van der Waals surface area (Å²) in [7, 11) is -3.31. The summed E-state index contributed by atoms with van der Waals surface area (Å²) in [6, 6.07) is 4.05. The SMILES string of the molecule is Cc1nc(NS(=O)(=O)CCCNC2CC2)ccc1Br. The van der Waals surface area contributed by atoms with Gasteiger partial charge >= 0.3 is 0 Å². The molecule has 0 amide bonds. The maximum atomic E-state index is 11.9. The Kier molecular flexibility index (Phi) is 4.81. The minimum absolute atomic E-state index is 0.115. The van der Waals surface area contributed by atoms with E-state index in [1.165, 1.54) is 12.8 Å². The zero-order valence-electron chi connectivity index (χ0n) is 10.8. The number of anilines is 1. The molecule has 1 aliphatic carbocycles. The number of nitrogens with one attached hydrogen (secondary N) is 2. The van der Waals surface area contributed by atoms with Crippen LogP contribution in [0, 0.1) is 6.92 Å². The topological polar surface area (TPSA) is 71.1 Å². The molecule has 1 aromatic rings. The van der Waals surface area contributed by atoms with Crippen molar-refractivity contribution in [3.05, 3.63) is 22.3 Å². The van der Waals surface area contributed by atoms with E-state index in [2.05, 4.69) is 31.0 Å². The Bertz CT molecular complexity index is 544. The smallest absolute Gasteiger partial charge is 0.233 e. The molecule has 19 heavy (non-hydrogen) atoms. The van der Waals surface area contributed by atoms with Crippen molar-refractivity contribution in [2.24, 2.45) is 0 Å². The molecule has 0 saturated heterocycles. The largest absolute Gasteiger partial charge is 0.314 e. The number of sulfonamides is 1. The van der Waals surface area contributed by atoms with Crippen LogP contribution in [0.15, 0.2) is 16.6 Å². The van der Waals surface area contributed by atoms with E-state index in [0.717, 1.165) is 16.7 Å². The van der Waals surface area contributed by atoms with Crippen molar-refractivity contribution in [1.82, 2.24) is 10.3 Å². The second-order valence-electron chi connectivity index (χ2n) is 4.77. The van der Waals surface area contributed by atoms with Crippen LogP contribution in [-0.4, -0.2) is 31.7 Å². The maximum absolute atomic E-state index is 11.9. The summed E-state index contributed by atoms with van der Waals surface area (Å²) in [6.45, 7) is 2.57. The first-order chi connectivity index (χ1) is 8.96. The fourth-order valence-corrected chi connectivity index (χ4v) is 2.95. The van der Waals surface area contributed by atoms with Gasteiger partial charge < -0.3 is 5.32 Å². The van der Waals surface area contributed by atoms with E-state index in [-0.39, 0.29) is 5.75 Å². The fraction of sp³-hybridized carbons (Fsp3) is 0.583. The van der Waals surface area contributed by atoms with Crippen LogP contribution >= 0.6 is 15.9 Å². The highest BCUT2D eigenvalue weighted by molar-refractivity contribution is 9.10. The van der Waals surface area contributed by atoms with E-state index in [1.54, 1.807) is 12.1 Å². The Morgan fingerprint density at radius 2 is 2.16 bits per heavy atom. The molecule has 2 rings (SSSR count). The second-order valence-corrected chi connectivity index (χ2v) is 7.46. The molecule has 7 heteroatoms. The molecule has 0 aromatic carbocycles. The van der Waals surface area contributed by atoms with Gasteiger partial charge in [0.05, 0.1) is 11.4 Å². The van der Waals surface area contributed by atoms with Gasteiger partial charge in [0.2, 0.25) is 10.0 Å². The summed E-state index contributed by atoms with van der Waals surface area (Å²) in [5.41, 5.74) is 0.760. The monoisotopic (exact) mass is 347 g/mol. The molecule has 106 valence electrons. The van der Waals surface area contributed by atoms with Crippen molar-refractivity contribution in [2.75, 3.05) is 17.0 Å². The Labute approximate surface area is 122 Å². The van der Waals surface area contributed by atoms with Crippen LogP contribution in [0.2, 0.25) is 0 Å². The first kappa shape index (κ1) is 14.7. The van der Waals surface area contributed by atoms with Crippen molar-refractivity contribution in [2.45, 2.75) is 32.2 Å². The van der Waals surface area contributed by atoms with Crippen LogP contribution in [0.1, 0.15) is 25.0 Å². The van der Waals surface area contributed by atoms with Crippen LogP contribution < -0.4 is 10.0 Å². The van der Waals surface area contributed by atoms with E-state index in [9.17, 15) is 8.42 Å². The number of hydrogen-bond acceptors (Lipinski definition) is 4. The predicted octanol–water partition coefficient (Wildman–Crippen LogP) is 2.04. The molecule has 0 aliphatic heterocycles. The summed E-state index contributed by atoms with van der Waals surface area (Å²) in [5.74, 6) is 0.486. The van der Waals surface area contributed by atoms with E-state index in [1.807, 2.05) is 6.92 Å². The molecular formula is C12H18BrN3O2S. The molecule has 1 heterocycles. The molecule has 2 N–H and O–H groups in total. The van der Waals surface area contributed by atoms with Gasteiger partial charge in [-0.2, -0.15) is 0 Å². The molecule has 0 bridgehead atoms. The number of nitrogens with zero attached hydrogens (tertiary/aromatic N) is 1. The van der Waals surface area contributed by atoms with Gasteiger partial charge in [-0.15, -0.1) is 0 Å². The molecule has 1 aliphatic rings. The first-order valence-corrected chi connectivity index (χ1v) is 8.78. The number of aromatic nitrogens is 1. The zero-order chi connectivity index (χ0) is 13.9. The lowest BCUT2D eigenvalue weighted by atomic mass is 10.4. The minimum atomic E-state index is -3.31. The Morgan fingerprint density at radius 1 is 1.42 bits per heavy atom. The molecule has 1 saturated carbocycles. The molecule has 0 atom stereocenters. The van der Waals surface area contributed by atoms with Crippen molar-refractivity contribution in [3.63, 3.8) is 0 Å². The van der Waals surface area contributed by atoms with Gasteiger partial charge in [0, 0.05) is 10.5 Å². The van der Waals surface area contributed by atoms with Gasteiger partial charge in [-0.3, -0.25) is 4.72 Å². The third kappa shape index (κ3) is 5.08. The molecule has 1 fully saturated rings. The number of aryl methyl sites for hydroxylation is 1. The molecule has 1 aromatic heterocycles. The third-order valence-electron chi connectivity index (χ3n) is 2.88. The van der Waals surface area contributed by atoms with Crippen LogP contribution in [0.25, 0.3) is 0 Å². The lowest BCUT2D eigenvalue weighted by Gasteiger charge is -2.08. The lowest BCUT2D eigenvalue weighted by Crippen LogP contribution is -2.23. The zero-order valence-corrected chi connectivity index (χ0v) is 13.2. The number of pyridine rings is 1. The van der Waals surface area contributed by atoms with E-state index in [4.69, 9.17) is 0 Å². The van der Waals surface area contributed by atoms with Gasteiger partial charge in [0.25, 0.3) is 0 Å². The number of hydrogen-bond donors (Lipinski definition) is 2. The van der Waals surface area contributed by atoms with Crippen molar-refractivity contribution in [1.29, 1.82) is 0 Å². The fourth-order valence-electron chi connectivity index (χ4n) is 1.67. The summed E-state index contributed by atoms with van der Waals surface area (Å²) < 4.78 is 27.1.